The lowest BCUT2D eigenvalue weighted by molar-refractivity contribution is 0.525. The number of nitrogens with zero attached hydrogens (tertiary/aromatic N) is 1. The van der Waals surface area contributed by atoms with Crippen LogP contribution in [0.3, 0.4) is 0 Å². The fourth-order valence-electron chi connectivity index (χ4n) is 1.01. The van der Waals surface area contributed by atoms with Crippen molar-refractivity contribution in [2.75, 3.05) is 0 Å². The van der Waals surface area contributed by atoms with Gasteiger partial charge in [0.25, 0.3) is 0 Å². The molecule has 1 aromatic carbocycles. The molecule has 0 aliphatic rings. The molecule has 13 heavy (non-hydrogen) atoms. The maximum Gasteiger partial charge on any atom is 0.136 e. The van der Waals surface area contributed by atoms with Gasteiger partial charge in [-0.2, -0.15) is 0 Å². The highest BCUT2D eigenvalue weighted by Crippen LogP contribution is 2.19. The first-order valence-electron chi connectivity index (χ1n) is 3.75. The first-order chi connectivity index (χ1) is 6.15. The van der Waals surface area contributed by atoms with Crippen molar-refractivity contribution in [2.24, 2.45) is 4.99 Å². The highest BCUT2D eigenvalue weighted by atomic mass is 32.2. The molecule has 4 heteroatoms. The van der Waals surface area contributed by atoms with E-state index in [1.807, 2.05) is 19.1 Å². The van der Waals surface area contributed by atoms with E-state index < -0.39 is 16.5 Å². The van der Waals surface area contributed by atoms with Crippen molar-refractivity contribution in [1.29, 1.82) is 0 Å². The van der Waals surface area contributed by atoms with Gasteiger partial charge in [-0.15, -0.1) is 0 Å². The molecular weight excluding hydrogens is 186 g/mol. The summed E-state index contributed by atoms with van der Waals surface area (Å²) in [5.41, 5.74) is 1.73. The molecule has 0 amide bonds. The minimum Gasteiger partial charge on any atom is -0.770 e. The van der Waals surface area contributed by atoms with Crippen LogP contribution in [-0.2, 0) is 11.1 Å². The van der Waals surface area contributed by atoms with E-state index in [2.05, 4.69) is 11.7 Å². The molecule has 2 atom stereocenters. The molecule has 70 valence electrons. The summed E-state index contributed by atoms with van der Waals surface area (Å²) in [7, 11) is 0. The Balaban J connectivity index is 2.99. The molecule has 0 spiro atoms. The standard InChI is InChI=1S/C9H11NO2S/c1-7-3-5-8(6-4-7)9(10-2)13(11)12/h3-6,9H,2H2,1H3,(H,11,12)/p-1. The molecule has 0 heterocycles. The van der Waals surface area contributed by atoms with Crippen LogP contribution in [0.25, 0.3) is 0 Å². The van der Waals surface area contributed by atoms with Crippen LogP contribution >= 0.6 is 0 Å². The van der Waals surface area contributed by atoms with E-state index in [0.717, 1.165) is 5.56 Å². The lowest BCUT2D eigenvalue weighted by atomic mass is 10.1. The molecule has 2 unspecified atom stereocenters. The molecule has 0 N–H and O–H groups in total. The van der Waals surface area contributed by atoms with Gasteiger partial charge in [0, 0.05) is 0 Å². The van der Waals surface area contributed by atoms with Crippen LogP contribution in [0, 0.1) is 6.92 Å². The Bertz CT molecular complexity index is 321. The second-order valence-corrected chi connectivity index (χ2v) is 3.67. The summed E-state index contributed by atoms with van der Waals surface area (Å²) in [6.07, 6.45) is 0. The third-order valence-electron chi connectivity index (χ3n) is 1.71. The van der Waals surface area contributed by atoms with Gasteiger partial charge in [-0.05, 0) is 30.3 Å². The first-order valence-corrected chi connectivity index (χ1v) is 4.89. The average Bonchev–Trinajstić information content (AvgIpc) is 2.09. The minimum absolute atomic E-state index is 0.647. The first kappa shape index (κ1) is 10.1. The lowest BCUT2D eigenvalue weighted by Crippen LogP contribution is -2.02. The zero-order chi connectivity index (χ0) is 9.84. The van der Waals surface area contributed by atoms with Gasteiger partial charge in [-0.25, -0.2) is 0 Å². The lowest BCUT2D eigenvalue weighted by Gasteiger charge is -2.14. The number of benzene rings is 1. The van der Waals surface area contributed by atoms with Gasteiger partial charge in [-0.3, -0.25) is 9.20 Å². The van der Waals surface area contributed by atoms with Crippen molar-refractivity contribution in [1.82, 2.24) is 0 Å². The molecule has 1 aromatic rings. The smallest absolute Gasteiger partial charge is 0.136 e. The molecule has 0 aliphatic carbocycles. The van der Waals surface area contributed by atoms with Gasteiger partial charge in [0.15, 0.2) is 0 Å². The Morgan fingerprint density at radius 3 is 2.38 bits per heavy atom. The van der Waals surface area contributed by atoms with E-state index in [0.29, 0.717) is 5.56 Å². The van der Waals surface area contributed by atoms with Crippen LogP contribution < -0.4 is 0 Å². The van der Waals surface area contributed by atoms with Crippen molar-refractivity contribution in [3.63, 3.8) is 0 Å². The molecule has 0 aromatic heterocycles. The van der Waals surface area contributed by atoms with E-state index in [1.54, 1.807) is 12.1 Å². The highest BCUT2D eigenvalue weighted by Gasteiger charge is 2.07. The van der Waals surface area contributed by atoms with Crippen LogP contribution in [0.15, 0.2) is 29.3 Å². The van der Waals surface area contributed by atoms with Gasteiger partial charge >= 0.3 is 0 Å². The highest BCUT2D eigenvalue weighted by molar-refractivity contribution is 7.79. The molecular formula is C9H10NO2S-. The normalized spacial score (nSPS) is 14.9. The second-order valence-electron chi connectivity index (χ2n) is 2.71. The number of aryl methyl sites for hydroxylation is 1. The van der Waals surface area contributed by atoms with Crippen LogP contribution in [0.1, 0.15) is 16.5 Å². The fraction of sp³-hybridized carbons (Fsp3) is 0.222. The Labute approximate surface area is 79.8 Å². The number of hydrogen-bond acceptors (Lipinski definition) is 3. The van der Waals surface area contributed by atoms with Crippen LogP contribution in [0.2, 0.25) is 0 Å². The van der Waals surface area contributed by atoms with Crippen molar-refractivity contribution in [2.45, 2.75) is 12.3 Å². The Morgan fingerprint density at radius 2 is 2.00 bits per heavy atom. The van der Waals surface area contributed by atoms with Crippen LogP contribution in [0.5, 0.6) is 0 Å². The van der Waals surface area contributed by atoms with E-state index in [4.69, 9.17) is 0 Å². The predicted octanol–water partition coefficient (Wildman–Crippen LogP) is 1.57. The molecule has 0 radical (unpaired) electrons. The number of rotatable bonds is 3. The van der Waals surface area contributed by atoms with E-state index in [-0.39, 0.29) is 0 Å². The zero-order valence-electron chi connectivity index (χ0n) is 7.27. The summed E-state index contributed by atoms with van der Waals surface area (Å²) < 4.78 is 21.4. The Hall–Kier alpha value is -1.00. The summed E-state index contributed by atoms with van der Waals surface area (Å²) in [6.45, 7) is 5.18. The van der Waals surface area contributed by atoms with Gasteiger partial charge < -0.3 is 4.55 Å². The Morgan fingerprint density at radius 1 is 1.46 bits per heavy atom. The maximum atomic E-state index is 10.7. The van der Waals surface area contributed by atoms with E-state index >= 15 is 0 Å². The molecule has 0 bridgehead atoms. The van der Waals surface area contributed by atoms with Gasteiger partial charge in [0.05, 0.1) is 0 Å². The monoisotopic (exact) mass is 196 g/mol. The molecule has 0 saturated heterocycles. The molecule has 0 saturated carbocycles. The zero-order valence-corrected chi connectivity index (χ0v) is 8.08. The molecule has 1 rings (SSSR count). The third-order valence-corrected chi connectivity index (χ3v) is 2.50. The molecule has 0 aliphatic heterocycles. The fourth-order valence-corrected chi connectivity index (χ4v) is 1.51. The predicted molar refractivity (Wildman–Crippen MR) is 52.4 cm³/mol. The summed E-state index contributed by atoms with van der Waals surface area (Å²) in [6, 6.07) is 7.18. The van der Waals surface area contributed by atoms with Crippen molar-refractivity contribution in [3.8, 4) is 0 Å². The van der Waals surface area contributed by atoms with Gasteiger partial charge in [0.1, 0.15) is 5.37 Å². The summed E-state index contributed by atoms with van der Waals surface area (Å²) in [5, 5.41) is -0.847. The van der Waals surface area contributed by atoms with Crippen molar-refractivity contribution in [3.05, 3.63) is 35.4 Å². The van der Waals surface area contributed by atoms with Crippen LogP contribution in [0.4, 0.5) is 0 Å². The summed E-state index contributed by atoms with van der Waals surface area (Å²) in [4.78, 5) is 3.52. The SMILES string of the molecule is C=NC(c1ccc(C)cc1)S(=O)[O-]. The average molecular weight is 196 g/mol. The van der Waals surface area contributed by atoms with E-state index in [1.165, 1.54) is 0 Å². The quantitative estimate of drug-likeness (QED) is 0.544. The second kappa shape index (κ2) is 4.30. The maximum absolute atomic E-state index is 10.7. The van der Waals surface area contributed by atoms with Gasteiger partial charge in [-0.1, -0.05) is 29.8 Å². The van der Waals surface area contributed by atoms with Gasteiger partial charge in [0.2, 0.25) is 0 Å². The van der Waals surface area contributed by atoms with Crippen molar-refractivity contribution >= 4 is 17.8 Å². The summed E-state index contributed by atoms with van der Waals surface area (Å²) >= 11 is -2.24. The Kier molecular flexibility index (Phi) is 3.33. The molecule has 0 fully saturated rings. The topological polar surface area (TPSA) is 52.5 Å². The largest absolute Gasteiger partial charge is 0.770 e. The molecule has 3 nitrogen and oxygen atoms in total. The third kappa shape index (κ3) is 2.47. The number of aliphatic imine (C=N–C) groups is 1. The number of hydrogen-bond donors (Lipinski definition) is 0. The summed E-state index contributed by atoms with van der Waals surface area (Å²) in [5.74, 6) is 0. The minimum atomic E-state index is -2.24. The van der Waals surface area contributed by atoms with Crippen LogP contribution in [-0.4, -0.2) is 15.5 Å². The van der Waals surface area contributed by atoms with E-state index in [9.17, 15) is 8.76 Å². The van der Waals surface area contributed by atoms with Crippen molar-refractivity contribution < 1.29 is 8.76 Å².